The molecule has 0 aliphatic rings. The molecule has 3 aromatic carbocycles. The Labute approximate surface area is 213 Å². The van der Waals surface area contributed by atoms with Crippen molar-refractivity contribution in [3.05, 3.63) is 95.4 Å². The molecule has 34 heavy (non-hydrogen) atoms. The first kappa shape index (κ1) is 25.5. The van der Waals surface area contributed by atoms with Crippen molar-refractivity contribution in [1.29, 1.82) is 0 Å². The summed E-state index contributed by atoms with van der Waals surface area (Å²) >= 11 is 15.5. The third-order valence-corrected chi connectivity index (χ3v) is 6.07. The summed E-state index contributed by atoms with van der Waals surface area (Å²) in [6.45, 7) is 1.74. The number of halogens is 3. The van der Waals surface area contributed by atoms with Gasteiger partial charge in [-0.25, -0.2) is 5.43 Å². The molecule has 1 N–H and O–H groups in total. The Balaban J connectivity index is 1.72. The zero-order chi connectivity index (χ0) is 24.8. The highest BCUT2D eigenvalue weighted by Gasteiger charge is 2.17. The van der Waals surface area contributed by atoms with E-state index < -0.39 is 10.8 Å². The molecule has 0 fully saturated rings. The van der Waals surface area contributed by atoms with Gasteiger partial charge in [-0.15, -0.1) is 0 Å². The number of nitrogens with one attached hydrogen (secondary N) is 1. The average molecular weight is 567 g/mol. The van der Waals surface area contributed by atoms with E-state index in [9.17, 15) is 14.9 Å². The fourth-order valence-corrected chi connectivity index (χ4v) is 3.93. The van der Waals surface area contributed by atoms with Crippen molar-refractivity contribution in [1.82, 2.24) is 5.43 Å². The number of carbonyl (C=O) groups is 1. The van der Waals surface area contributed by atoms with Gasteiger partial charge in [-0.3, -0.25) is 14.9 Å². The highest BCUT2D eigenvalue weighted by Crippen LogP contribution is 2.37. The Bertz CT molecular complexity index is 1280. The number of hydrogen-bond acceptors (Lipinski definition) is 6. The number of nitro benzene ring substituents is 1. The second-order valence-corrected chi connectivity index (χ2v) is 8.65. The van der Waals surface area contributed by atoms with E-state index in [1.807, 2.05) is 0 Å². The van der Waals surface area contributed by atoms with Crippen molar-refractivity contribution in [2.45, 2.75) is 13.5 Å². The van der Waals surface area contributed by atoms with Gasteiger partial charge in [0.2, 0.25) is 0 Å². The highest BCUT2D eigenvalue weighted by atomic mass is 79.9. The van der Waals surface area contributed by atoms with Crippen LogP contribution in [0.2, 0.25) is 10.0 Å². The van der Waals surface area contributed by atoms with E-state index in [1.165, 1.54) is 38.4 Å². The van der Waals surface area contributed by atoms with Crippen LogP contribution in [0.4, 0.5) is 5.69 Å². The van der Waals surface area contributed by atoms with E-state index in [4.69, 9.17) is 32.7 Å². The molecule has 0 aromatic heterocycles. The molecule has 0 saturated heterocycles. The number of rotatable bonds is 8. The molecule has 1 amide bonds. The molecule has 0 bridgehead atoms. The fraction of sp³-hybridized carbons (Fsp3) is 0.130. The van der Waals surface area contributed by atoms with Crippen LogP contribution in [-0.2, 0) is 6.61 Å². The number of hydrazone groups is 1. The Morgan fingerprint density at radius 1 is 1.21 bits per heavy atom. The summed E-state index contributed by atoms with van der Waals surface area (Å²) in [5, 5.41) is 15.9. The quantitative estimate of drug-likeness (QED) is 0.195. The minimum Gasteiger partial charge on any atom is -0.493 e. The van der Waals surface area contributed by atoms with Crippen LogP contribution in [0.25, 0.3) is 0 Å². The molecule has 8 nitrogen and oxygen atoms in total. The zero-order valence-corrected chi connectivity index (χ0v) is 21.1. The lowest BCUT2D eigenvalue weighted by atomic mass is 10.1. The molecule has 0 heterocycles. The number of nitrogens with zero attached hydrogens (tertiary/aromatic N) is 2. The van der Waals surface area contributed by atoms with Crippen molar-refractivity contribution in [2.75, 3.05) is 7.11 Å². The largest absolute Gasteiger partial charge is 0.493 e. The lowest BCUT2D eigenvalue weighted by Crippen LogP contribution is -2.19. The van der Waals surface area contributed by atoms with Crippen molar-refractivity contribution >= 4 is 56.9 Å². The van der Waals surface area contributed by atoms with Crippen LogP contribution in [0.15, 0.2) is 58.1 Å². The van der Waals surface area contributed by atoms with Crippen molar-refractivity contribution < 1.29 is 19.2 Å². The summed E-state index contributed by atoms with van der Waals surface area (Å²) in [6.07, 6.45) is 1.42. The molecule has 3 aromatic rings. The first-order chi connectivity index (χ1) is 16.2. The molecular weight excluding hydrogens is 549 g/mol. The van der Waals surface area contributed by atoms with Crippen molar-refractivity contribution in [3.8, 4) is 11.5 Å². The smallest absolute Gasteiger partial charge is 0.273 e. The van der Waals surface area contributed by atoms with Crippen molar-refractivity contribution in [2.24, 2.45) is 5.10 Å². The van der Waals surface area contributed by atoms with Gasteiger partial charge in [0, 0.05) is 11.6 Å². The van der Waals surface area contributed by atoms with Gasteiger partial charge >= 0.3 is 0 Å². The molecule has 0 aliphatic carbocycles. The molecule has 0 aliphatic heterocycles. The lowest BCUT2D eigenvalue weighted by Gasteiger charge is -2.14. The van der Waals surface area contributed by atoms with Crippen LogP contribution in [0.3, 0.4) is 0 Å². The second kappa shape index (κ2) is 11.3. The zero-order valence-electron chi connectivity index (χ0n) is 18.0. The average Bonchev–Trinajstić information content (AvgIpc) is 2.80. The number of methoxy groups -OCH3 is 1. The maximum Gasteiger partial charge on any atom is 0.273 e. The normalized spacial score (nSPS) is 10.9. The molecule has 0 radical (unpaired) electrons. The van der Waals surface area contributed by atoms with E-state index in [0.29, 0.717) is 31.6 Å². The highest BCUT2D eigenvalue weighted by molar-refractivity contribution is 9.10. The summed E-state index contributed by atoms with van der Waals surface area (Å²) in [5.41, 5.74) is 4.10. The molecular formula is C23H18BrCl2N3O5. The molecule has 0 unspecified atom stereocenters. The standard InChI is InChI=1S/C23H18BrCl2N3O5/c1-13-16(4-3-5-20(13)29(31)32)23(30)28-27-11-15-8-17(24)22(21(10-15)33-2)34-12-14-6-7-18(25)19(26)9-14/h3-11H,12H2,1-2H3,(H,28,30)/b27-11-. The topological polar surface area (TPSA) is 103 Å². The number of carbonyl (C=O) groups excluding carboxylic acids is 1. The van der Waals surface area contributed by atoms with Gasteiger partial charge in [-0.05, 0) is 64.3 Å². The predicted octanol–water partition coefficient (Wildman–Crippen LogP) is 6.32. The summed E-state index contributed by atoms with van der Waals surface area (Å²) in [4.78, 5) is 23.0. The Morgan fingerprint density at radius 3 is 2.65 bits per heavy atom. The minimum absolute atomic E-state index is 0.137. The minimum atomic E-state index is -0.565. The Kier molecular flexibility index (Phi) is 8.49. The van der Waals surface area contributed by atoms with E-state index >= 15 is 0 Å². The predicted molar refractivity (Wildman–Crippen MR) is 134 cm³/mol. The van der Waals surface area contributed by atoms with Crippen molar-refractivity contribution in [3.63, 3.8) is 0 Å². The van der Waals surface area contributed by atoms with Crippen LogP contribution < -0.4 is 14.9 Å². The molecule has 3 rings (SSSR count). The molecule has 0 saturated carbocycles. The number of hydrogen-bond donors (Lipinski definition) is 1. The Morgan fingerprint density at radius 2 is 1.97 bits per heavy atom. The van der Waals surface area contributed by atoms with E-state index in [2.05, 4.69) is 26.5 Å². The number of amides is 1. The van der Waals surface area contributed by atoms with Gasteiger partial charge in [0.25, 0.3) is 11.6 Å². The number of nitro groups is 1. The lowest BCUT2D eigenvalue weighted by molar-refractivity contribution is -0.385. The summed E-state index contributed by atoms with van der Waals surface area (Å²) in [5.74, 6) is 0.351. The van der Waals surface area contributed by atoms with Gasteiger partial charge in [0.05, 0.1) is 38.3 Å². The van der Waals surface area contributed by atoms with Gasteiger partial charge < -0.3 is 9.47 Å². The second-order valence-electron chi connectivity index (χ2n) is 6.98. The van der Waals surface area contributed by atoms with Gasteiger partial charge in [0.15, 0.2) is 11.5 Å². The number of benzene rings is 3. The van der Waals surface area contributed by atoms with Crippen LogP contribution in [-0.4, -0.2) is 24.2 Å². The molecule has 11 heteroatoms. The summed E-state index contributed by atoms with van der Waals surface area (Å²) in [7, 11) is 1.50. The maximum atomic E-state index is 12.4. The van der Waals surface area contributed by atoms with Crippen LogP contribution >= 0.6 is 39.1 Å². The van der Waals surface area contributed by atoms with E-state index in [1.54, 1.807) is 30.3 Å². The first-order valence-electron chi connectivity index (χ1n) is 9.73. The first-order valence-corrected chi connectivity index (χ1v) is 11.3. The molecule has 0 spiro atoms. The van der Waals surface area contributed by atoms with Crippen LogP contribution in [0.1, 0.15) is 27.0 Å². The van der Waals surface area contributed by atoms with E-state index in [0.717, 1.165) is 5.56 Å². The summed E-state index contributed by atoms with van der Waals surface area (Å²) < 4.78 is 11.9. The molecule has 176 valence electrons. The Hall–Kier alpha value is -3.14. The third-order valence-electron chi connectivity index (χ3n) is 4.75. The van der Waals surface area contributed by atoms with Crippen LogP contribution in [0.5, 0.6) is 11.5 Å². The van der Waals surface area contributed by atoms with Crippen LogP contribution in [0, 0.1) is 17.0 Å². The van der Waals surface area contributed by atoms with Gasteiger partial charge in [-0.2, -0.15) is 5.10 Å². The third kappa shape index (κ3) is 6.05. The number of ether oxygens (including phenoxy) is 2. The van der Waals surface area contributed by atoms with Gasteiger partial charge in [0.1, 0.15) is 6.61 Å². The monoisotopic (exact) mass is 565 g/mol. The maximum absolute atomic E-state index is 12.4. The van der Waals surface area contributed by atoms with Gasteiger partial charge in [-0.1, -0.05) is 35.3 Å². The molecule has 0 atom stereocenters. The summed E-state index contributed by atoms with van der Waals surface area (Å²) in [6, 6.07) is 12.9. The van der Waals surface area contributed by atoms with E-state index in [-0.39, 0.29) is 23.4 Å². The fourth-order valence-electron chi connectivity index (χ4n) is 3.03. The SMILES string of the molecule is COc1cc(/C=N\NC(=O)c2cccc([N+](=O)[O-])c2C)cc(Br)c1OCc1ccc(Cl)c(Cl)c1.